The highest BCUT2D eigenvalue weighted by atomic mass is 31.2. The van der Waals surface area contributed by atoms with Gasteiger partial charge in [0.05, 0.1) is 39.9 Å². The van der Waals surface area contributed by atoms with Crippen LogP contribution in [-0.2, 0) is 18.4 Å². The van der Waals surface area contributed by atoms with E-state index in [1.165, 1.54) is 57.8 Å². The molecular formula is C53H93N2O6P. The smallest absolute Gasteiger partial charge is 0.268 e. The monoisotopic (exact) mass is 885 g/mol. The predicted molar refractivity (Wildman–Crippen MR) is 265 cm³/mol. The Morgan fingerprint density at radius 2 is 0.984 bits per heavy atom. The Balaban J connectivity index is 4.07. The molecule has 0 aromatic rings. The van der Waals surface area contributed by atoms with Crippen molar-refractivity contribution in [2.75, 3.05) is 40.9 Å². The summed E-state index contributed by atoms with van der Waals surface area (Å²) in [7, 11) is 1.28. The molecular weight excluding hydrogens is 792 g/mol. The number of phosphoric ester groups is 1. The zero-order valence-electron chi connectivity index (χ0n) is 40.3. The Morgan fingerprint density at radius 1 is 0.581 bits per heavy atom. The number of carbonyl (C=O) groups excluding carboxylic acids is 1. The van der Waals surface area contributed by atoms with Crippen molar-refractivity contribution in [1.82, 2.24) is 5.32 Å². The molecule has 62 heavy (non-hydrogen) atoms. The summed E-state index contributed by atoms with van der Waals surface area (Å²) in [5.41, 5.74) is 0. The molecule has 0 rings (SSSR count). The SMILES string of the molecule is CC/C=C\C/C=C\C/C=C\C/C=C\C/C=C\C/C=C\C/C=C\C/C=C\CCCCCCCCCCC(=O)NC(COP(=O)([O-])OCC[N+](C)(C)C)C(O)CCCCCCCCC. The molecule has 0 aromatic heterocycles. The lowest BCUT2D eigenvalue weighted by Crippen LogP contribution is -2.46. The van der Waals surface area contributed by atoms with Gasteiger partial charge >= 0.3 is 0 Å². The maximum Gasteiger partial charge on any atom is 0.268 e. The van der Waals surface area contributed by atoms with E-state index in [0.29, 0.717) is 23.9 Å². The van der Waals surface area contributed by atoms with E-state index in [1.807, 2.05) is 21.1 Å². The number of likely N-dealkylation sites (N-methyl/N-ethyl adjacent to an activating group) is 1. The van der Waals surface area contributed by atoms with Gasteiger partial charge in [-0.05, 0) is 77.0 Å². The lowest BCUT2D eigenvalue weighted by atomic mass is 10.0. The summed E-state index contributed by atoms with van der Waals surface area (Å²) in [5.74, 6) is -0.183. The molecule has 3 unspecified atom stereocenters. The van der Waals surface area contributed by atoms with Crippen molar-refractivity contribution in [2.45, 2.75) is 193 Å². The predicted octanol–water partition coefficient (Wildman–Crippen LogP) is 13.7. The van der Waals surface area contributed by atoms with Crippen LogP contribution in [0, 0.1) is 0 Å². The summed E-state index contributed by atoms with van der Waals surface area (Å²) >= 11 is 0. The number of amides is 1. The first kappa shape index (κ1) is 59.4. The van der Waals surface area contributed by atoms with E-state index in [4.69, 9.17) is 9.05 Å². The van der Waals surface area contributed by atoms with Crippen molar-refractivity contribution in [3.63, 3.8) is 0 Å². The summed E-state index contributed by atoms with van der Waals surface area (Å²) in [6, 6.07) is -0.808. The van der Waals surface area contributed by atoms with Crippen LogP contribution in [0.2, 0.25) is 0 Å². The first-order valence-corrected chi connectivity index (χ1v) is 26.0. The van der Waals surface area contributed by atoms with Crippen LogP contribution in [-0.4, -0.2) is 68.5 Å². The molecule has 9 heteroatoms. The summed E-state index contributed by atoms with van der Waals surface area (Å²) in [5, 5.41) is 13.8. The molecule has 8 nitrogen and oxygen atoms in total. The molecule has 0 fully saturated rings. The zero-order chi connectivity index (χ0) is 45.7. The van der Waals surface area contributed by atoms with Crippen LogP contribution in [0.25, 0.3) is 0 Å². The van der Waals surface area contributed by atoms with Gasteiger partial charge in [-0.3, -0.25) is 9.36 Å². The van der Waals surface area contributed by atoms with E-state index in [1.54, 1.807) is 0 Å². The Labute approximate surface area is 381 Å². The Bertz CT molecular complexity index is 1330. The minimum absolute atomic E-state index is 0.00494. The molecule has 356 valence electrons. The molecule has 0 aliphatic carbocycles. The van der Waals surface area contributed by atoms with Gasteiger partial charge < -0.3 is 28.8 Å². The fraction of sp³-hybridized carbons (Fsp3) is 0.679. The first-order valence-electron chi connectivity index (χ1n) is 24.6. The second-order valence-corrected chi connectivity index (χ2v) is 18.8. The van der Waals surface area contributed by atoms with Gasteiger partial charge in [0.2, 0.25) is 5.91 Å². The highest BCUT2D eigenvalue weighted by molar-refractivity contribution is 7.45. The topological polar surface area (TPSA) is 108 Å². The van der Waals surface area contributed by atoms with Crippen molar-refractivity contribution in [2.24, 2.45) is 0 Å². The van der Waals surface area contributed by atoms with Crippen LogP contribution >= 0.6 is 7.82 Å². The fourth-order valence-corrected chi connectivity index (χ4v) is 7.19. The van der Waals surface area contributed by atoms with Gasteiger partial charge in [-0.2, -0.15) is 0 Å². The Morgan fingerprint density at radius 3 is 1.44 bits per heavy atom. The zero-order valence-corrected chi connectivity index (χ0v) is 41.2. The summed E-state index contributed by atoms with van der Waals surface area (Å²) in [4.78, 5) is 25.2. The Hall–Kier alpha value is -2.58. The number of hydrogen-bond donors (Lipinski definition) is 2. The molecule has 0 aliphatic heterocycles. The molecule has 2 N–H and O–H groups in total. The lowest BCUT2D eigenvalue weighted by Gasteiger charge is -2.30. The number of aliphatic hydroxyl groups excluding tert-OH is 1. The van der Waals surface area contributed by atoms with Crippen LogP contribution in [0.3, 0.4) is 0 Å². The standard InChI is InChI=1S/C53H93N2O6P/c1-6-8-10-12-14-15-16-17-18-19-20-21-22-23-24-25-26-27-28-29-30-31-32-33-34-35-36-37-38-39-41-43-45-47-53(57)54-51(52(56)46-44-42-40-13-11-9-7-2)50-61-62(58,59)60-49-48-55(3,4)5/h8,10,14-15,17-18,20-21,23-24,26-27,29-30,32-33,51-52,56H,6-7,9,11-13,16,19,22,25,28,31,34-50H2,1-5H3,(H-,54,57,58,59)/b10-8-,15-14-,18-17-,21-20-,24-23-,27-26-,30-29-,33-32-. The number of phosphoric acid groups is 1. The Kier molecular flexibility index (Phi) is 41.8. The molecule has 3 atom stereocenters. The number of allylic oxidation sites excluding steroid dienone is 16. The van der Waals surface area contributed by atoms with Gasteiger partial charge in [0.25, 0.3) is 7.82 Å². The van der Waals surface area contributed by atoms with Crippen molar-refractivity contribution in [1.29, 1.82) is 0 Å². The van der Waals surface area contributed by atoms with Crippen LogP contribution in [0.1, 0.15) is 181 Å². The van der Waals surface area contributed by atoms with Crippen LogP contribution in [0.4, 0.5) is 0 Å². The highest BCUT2D eigenvalue weighted by Crippen LogP contribution is 2.38. The maximum atomic E-state index is 12.8. The summed E-state index contributed by atoms with van der Waals surface area (Å²) in [6.45, 7) is 4.52. The van der Waals surface area contributed by atoms with Crippen molar-refractivity contribution < 1.29 is 32.9 Å². The van der Waals surface area contributed by atoms with Crippen LogP contribution in [0.5, 0.6) is 0 Å². The second kappa shape index (κ2) is 43.7. The van der Waals surface area contributed by atoms with Crippen LogP contribution < -0.4 is 10.2 Å². The number of rotatable bonds is 43. The molecule has 0 aromatic carbocycles. The van der Waals surface area contributed by atoms with E-state index in [2.05, 4.69) is 116 Å². The molecule has 0 heterocycles. The molecule has 0 bridgehead atoms. The number of hydrogen-bond acceptors (Lipinski definition) is 6. The van der Waals surface area contributed by atoms with Gasteiger partial charge in [0.15, 0.2) is 0 Å². The van der Waals surface area contributed by atoms with Gasteiger partial charge in [-0.25, -0.2) is 0 Å². The first-order chi connectivity index (χ1) is 30.0. The number of quaternary nitrogens is 1. The molecule has 0 saturated heterocycles. The third-order valence-electron chi connectivity index (χ3n) is 10.3. The minimum atomic E-state index is -4.56. The molecule has 0 spiro atoms. The molecule has 0 radical (unpaired) electrons. The fourth-order valence-electron chi connectivity index (χ4n) is 6.47. The van der Waals surface area contributed by atoms with E-state index in [9.17, 15) is 19.4 Å². The van der Waals surface area contributed by atoms with Gasteiger partial charge in [0.1, 0.15) is 13.2 Å². The second-order valence-electron chi connectivity index (χ2n) is 17.4. The number of nitrogens with one attached hydrogen (secondary N) is 1. The number of unbranched alkanes of at least 4 members (excludes halogenated alkanes) is 14. The van der Waals surface area contributed by atoms with Crippen LogP contribution in [0.15, 0.2) is 97.2 Å². The van der Waals surface area contributed by atoms with Gasteiger partial charge in [0, 0.05) is 6.42 Å². The van der Waals surface area contributed by atoms with Crippen molar-refractivity contribution >= 4 is 13.7 Å². The number of aliphatic hydroxyl groups is 1. The largest absolute Gasteiger partial charge is 0.756 e. The van der Waals surface area contributed by atoms with Crippen molar-refractivity contribution in [3.8, 4) is 0 Å². The summed E-state index contributed by atoms with van der Waals surface area (Å²) in [6.07, 6.45) is 61.6. The average molecular weight is 885 g/mol. The summed E-state index contributed by atoms with van der Waals surface area (Å²) < 4.78 is 23.2. The quantitative estimate of drug-likeness (QED) is 0.0273. The van der Waals surface area contributed by atoms with E-state index in [0.717, 1.165) is 96.3 Å². The van der Waals surface area contributed by atoms with Crippen molar-refractivity contribution in [3.05, 3.63) is 97.2 Å². The highest BCUT2D eigenvalue weighted by Gasteiger charge is 2.24. The minimum Gasteiger partial charge on any atom is -0.756 e. The van der Waals surface area contributed by atoms with Gasteiger partial charge in [-0.15, -0.1) is 0 Å². The normalized spacial score (nSPS) is 15.0. The lowest BCUT2D eigenvalue weighted by molar-refractivity contribution is -0.870. The number of nitrogens with zero attached hydrogens (tertiary/aromatic N) is 1. The van der Waals surface area contributed by atoms with E-state index < -0.39 is 20.0 Å². The van der Waals surface area contributed by atoms with E-state index >= 15 is 0 Å². The number of carbonyl (C=O) groups is 1. The van der Waals surface area contributed by atoms with E-state index in [-0.39, 0.29) is 19.1 Å². The third-order valence-corrected chi connectivity index (χ3v) is 11.3. The van der Waals surface area contributed by atoms with Gasteiger partial charge in [-0.1, -0.05) is 195 Å². The molecule has 1 amide bonds. The third kappa shape index (κ3) is 45.4. The maximum absolute atomic E-state index is 12.8. The molecule has 0 saturated carbocycles. The average Bonchev–Trinajstić information content (AvgIpc) is 3.23. The molecule has 0 aliphatic rings.